The third-order valence-electron chi connectivity index (χ3n) is 4.30. The summed E-state index contributed by atoms with van der Waals surface area (Å²) in [5.74, 6) is 1.76. The number of para-hydroxylation sites is 1. The first-order chi connectivity index (χ1) is 8.36. The molecular weight excluding hydrogens is 212 g/mol. The van der Waals surface area contributed by atoms with Gasteiger partial charge in [-0.15, -0.1) is 0 Å². The number of benzene rings is 1. The molecule has 17 heavy (non-hydrogen) atoms. The van der Waals surface area contributed by atoms with Gasteiger partial charge in [-0.25, -0.2) is 0 Å². The second kappa shape index (κ2) is 4.69. The fourth-order valence-corrected chi connectivity index (χ4v) is 3.35. The summed E-state index contributed by atoms with van der Waals surface area (Å²) in [7, 11) is 0. The zero-order valence-electron chi connectivity index (χ0n) is 10.1. The van der Waals surface area contributed by atoms with Gasteiger partial charge in [0.25, 0.3) is 0 Å². The smallest absolute Gasteiger partial charge is 0.122 e. The van der Waals surface area contributed by atoms with Crippen molar-refractivity contribution in [3.05, 3.63) is 29.8 Å². The van der Waals surface area contributed by atoms with E-state index in [2.05, 4.69) is 6.07 Å². The molecule has 2 heteroatoms. The molecule has 1 heterocycles. The zero-order chi connectivity index (χ0) is 11.7. The summed E-state index contributed by atoms with van der Waals surface area (Å²) in [5.41, 5.74) is 1.21. The average molecular weight is 232 g/mol. The molecule has 92 valence electrons. The Bertz CT molecular complexity index is 382. The van der Waals surface area contributed by atoms with Gasteiger partial charge in [0.2, 0.25) is 0 Å². The lowest BCUT2D eigenvalue weighted by atomic mass is 9.81. The molecule has 2 nitrogen and oxygen atoms in total. The summed E-state index contributed by atoms with van der Waals surface area (Å²) in [6.07, 6.45) is 5.73. The van der Waals surface area contributed by atoms with Gasteiger partial charge in [0, 0.05) is 5.92 Å². The largest absolute Gasteiger partial charge is 0.493 e. The second-order valence-electron chi connectivity index (χ2n) is 5.32. The molecule has 0 aromatic heterocycles. The normalized spacial score (nSPS) is 26.3. The molecule has 0 spiro atoms. The van der Waals surface area contributed by atoms with Gasteiger partial charge >= 0.3 is 0 Å². The Labute approximate surface area is 103 Å². The molecule has 1 fully saturated rings. The highest BCUT2D eigenvalue weighted by molar-refractivity contribution is 5.38. The maximum absolute atomic E-state index is 10.6. The lowest BCUT2D eigenvalue weighted by Gasteiger charge is -2.32. The van der Waals surface area contributed by atoms with Gasteiger partial charge in [0.1, 0.15) is 5.75 Å². The maximum Gasteiger partial charge on any atom is 0.122 e. The molecule has 2 unspecified atom stereocenters. The summed E-state index contributed by atoms with van der Waals surface area (Å²) in [6, 6.07) is 8.17. The standard InChI is InChI=1S/C15H20O2/c16-15(11-5-1-2-6-11)13-9-10-17-14-8-4-3-7-12(13)14/h3-4,7-8,11,13,15-16H,1-2,5-6,9-10H2. The van der Waals surface area contributed by atoms with Gasteiger partial charge < -0.3 is 9.84 Å². The van der Waals surface area contributed by atoms with Crippen molar-refractivity contribution in [2.24, 2.45) is 5.92 Å². The van der Waals surface area contributed by atoms with E-state index in [0.717, 1.165) is 18.8 Å². The third-order valence-corrected chi connectivity index (χ3v) is 4.30. The first-order valence-electron chi connectivity index (χ1n) is 6.76. The van der Waals surface area contributed by atoms with Gasteiger partial charge in [0.05, 0.1) is 12.7 Å². The van der Waals surface area contributed by atoms with E-state index in [1.807, 2.05) is 18.2 Å². The summed E-state index contributed by atoms with van der Waals surface area (Å²) in [4.78, 5) is 0. The molecule has 1 N–H and O–H groups in total. The number of aliphatic hydroxyl groups is 1. The van der Waals surface area contributed by atoms with E-state index in [-0.39, 0.29) is 12.0 Å². The molecule has 1 saturated carbocycles. The Morgan fingerprint density at radius 3 is 2.71 bits per heavy atom. The molecule has 2 aliphatic rings. The molecule has 0 bridgehead atoms. The fourth-order valence-electron chi connectivity index (χ4n) is 3.35. The summed E-state index contributed by atoms with van der Waals surface area (Å²) in [6.45, 7) is 0.742. The Morgan fingerprint density at radius 2 is 1.88 bits per heavy atom. The van der Waals surface area contributed by atoms with E-state index in [1.165, 1.54) is 31.2 Å². The van der Waals surface area contributed by atoms with Crippen molar-refractivity contribution in [3.8, 4) is 5.75 Å². The van der Waals surface area contributed by atoms with Gasteiger partial charge in [0.15, 0.2) is 0 Å². The molecular formula is C15H20O2. The molecule has 1 aromatic carbocycles. The quantitative estimate of drug-likeness (QED) is 0.849. The van der Waals surface area contributed by atoms with Crippen LogP contribution in [-0.2, 0) is 0 Å². The number of fused-ring (bicyclic) bond motifs is 1. The van der Waals surface area contributed by atoms with Crippen LogP contribution in [0.5, 0.6) is 5.75 Å². The lowest BCUT2D eigenvalue weighted by molar-refractivity contribution is 0.0657. The minimum atomic E-state index is -0.178. The first kappa shape index (κ1) is 11.1. The van der Waals surface area contributed by atoms with Crippen molar-refractivity contribution in [2.75, 3.05) is 6.61 Å². The van der Waals surface area contributed by atoms with E-state index >= 15 is 0 Å². The average Bonchev–Trinajstić information content (AvgIpc) is 2.91. The third kappa shape index (κ3) is 2.06. The lowest BCUT2D eigenvalue weighted by Crippen LogP contribution is -2.30. The summed E-state index contributed by atoms with van der Waals surface area (Å²) < 4.78 is 5.66. The highest BCUT2D eigenvalue weighted by Gasteiger charge is 2.33. The summed E-state index contributed by atoms with van der Waals surface area (Å²) in [5, 5.41) is 10.6. The van der Waals surface area contributed by atoms with E-state index < -0.39 is 0 Å². The van der Waals surface area contributed by atoms with Crippen LogP contribution < -0.4 is 4.74 Å². The van der Waals surface area contributed by atoms with Crippen LogP contribution in [0.2, 0.25) is 0 Å². The van der Waals surface area contributed by atoms with Crippen molar-refractivity contribution < 1.29 is 9.84 Å². The molecule has 0 amide bonds. The molecule has 1 aliphatic heterocycles. The highest BCUT2D eigenvalue weighted by Crippen LogP contribution is 2.41. The number of ether oxygens (including phenoxy) is 1. The van der Waals surface area contributed by atoms with Gasteiger partial charge in [-0.2, -0.15) is 0 Å². The van der Waals surface area contributed by atoms with Crippen molar-refractivity contribution >= 4 is 0 Å². The number of rotatable bonds is 2. The van der Waals surface area contributed by atoms with Gasteiger partial charge in [-0.05, 0) is 36.8 Å². The van der Waals surface area contributed by atoms with Gasteiger partial charge in [-0.1, -0.05) is 31.0 Å². The van der Waals surface area contributed by atoms with Crippen LogP contribution in [0.15, 0.2) is 24.3 Å². The van der Waals surface area contributed by atoms with Crippen molar-refractivity contribution in [1.82, 2.24) is 0 Å². The summed E-state index contributed by atoms with van der Waals surface area (Å²) >= 11 is 0. The van der Waals surface area contributed by atoms with Crippen molar-refractivity contribution in [2.45, 2.75) is 44.1 Å². The van der Waals surface area contributed by atoms with Crippen molar-refractivity contribution in [3.63, 3.8) is 0 Å². The fraction of sp³-hybridized carbons (Fsp3) is 0.600. The van der Waals surface area contributed by atoms with Crippen LogP contribution in [0.1, 0.15) is 43.6 Å². The van der Waals surface area contributed by atoms with Crippen LogP contribution in [0.3, 0.4) is 0 Å². The predicted octanol–water partition coefficient (Wildman–Crippen LogP) is 3.10. The van der Waals surface area contributed by atoms with E-state index in [4.69, 9.17) is 4.74 Å². The topological polar surface area (TPSA) is 29.5 Å². The monoisotopic (exact) mass is 232 g/mol. The van der Waals surface area contributed by atoms with E-state index in [9.17, 15) is 5.11 Å². The van der Waals surface area contributed by atoms with Crippen LogP contribution in [-0.4, -0.2) is 17.8 Å². The van der Waals surface area contributed by atoms with Gasteiger partial charge in [-0.3, -0.25) is 0 Å². The molecule has 3 rings (SSSR count). The number of hydrogen-bond donors (Lipinski definition) is 1. The molecule has 0 saturated heterocycles. The molecule has 1 aliphatic carbocycles. The Morgan fingerprint density at radius 1 is 1.12 bits per heavy atom. The van der Waals surface area contributed by atoms with E-state index in [1.54, 1.807) is 0 Å². The number of aliphatic hydroxyl groups excluding tert-OH is 1. The van der Waals surface area contributed by atoms with Crippen LogP contribution >= 0.6 is 0 Å². The van der Waals surface area contributed by atoms with E-state index in [0.29, 0.717) is 5.92 Å². The molecule has 1 aromatic rings. The van der Waals surface area contributed by atoms with Crippen LogP contribution in [0, 0.1) is 5.92 Å². The van der Waals surface area contributed by atoms with Crippen molar-refractivity contribution in [1.29, 1.82) is 0 Å². The minimum Gasteiger partial charge on any atom is -0.493 e. The first-order valence-corrected chi connectivity index (χ1v) is 6.76. The Hall–Kier alpha value is -1.02. The SMILES string of the molecule is OC(C1CCCC1)C1CCOc2ccccc21. The maximum atomic E-state index is 10.6. The minimum absolute atomic E-state index is 0.178. The molecule has 2 atom stereocenters. The second-order valence-corrected chi connectivity index (χ2v) is 5.32. The zero-order valence-corrected chi connectivity index (χ0v) is 10.1. The van der Waals surface area contributed by atoms with Crippen LogP contribution in [0.25, 0.3) is 0 Å². The highest BCUT2D eigenvalue weighted by atomic mass is 16.5. The predicted molar refractivity (Wildman–Crippen MR) is 67.3 cm³/mol. The van der Waals surface area contributed by atoms with Crippen LogP contribution in [0.4, 0.5) is 0 Å². The Balaban J connectivity index is 1.84. The Kier molecular flexibility index (Phi) is 3.06. The number of hydrogen-bond acceptors (Lipinski definition) is 2. The molecule has 0 radical (unpaired) electrons.